The van der Waals surface area contributed by atoms with Gasteiger partial charge in [0.1, 0.15) is 17.1 Å². The zero-order valence-electron chi connectivity index (χ0n) is 16.9. The van der Waals surface area contributed by atoms with Crippen LogP contribution in [0.15, 0.2) is 9.05 Å². The van der Waals surface area contributed by atoms with E-state index in [1.165, 1.54) is 0 Å². The molecule has 0 bridgehead atoms. The number of nitrogens with zero attached hydrogens (tertiary/aromatic N) is 4. The standard InChI is InChI=1S/C20H26N4O4/c1-12-16(14(3)27-21-12)11-24-17(25)5-6-20(24)7-9-23(10-8-20)19(26)18-13(2)22-28-15(18)4/h5-11H2,1-4H3. The summed E-state index contributed by atoms with van der Waals surface area (Å²) in [5.74, 6) is 1.45. The number of hydrogen-bond acceptors (Lipinski definition) is 6. The summed E-state index contributed by atoms with van der Waals surface area (Å²) in [6.45, 7) is 9.10. The molecule has 0 aromatic carbocycles. The van der Waals surface area contributed by atoms with Gasteiger partial charge in [0.25, 0.3) is 5.91 Å². The molecule has 0 radical (unpaired) electrons. The third-order valence-corrected chi connectivity index (χ3v) is 6.40. The molecule has 2 fully saturated rings. The van der Waals surface area contributed by atoms with Crippen molar-refractivity contribution in [3.05, 3.63) is 34.0 Å². The molecular formula is C20H26N4O4. The minimum Gasteiger partial charge on any atom is -0.361 e. The number of carbonyl (C=O) groups is 2. The Morgan fingerprint density at radius 2 is 1.64 bits per heavy atom. The Labute approximate surface area is 163 Å². The first-order chi connectivity index (χ1) is 13.3. The van der Waals surface area contributed by atoms with Gasteiger partial charge in [0.2, 0.25) is 5.91 Å². The SMILES string of the molecule is Cc1noc(C)c1CN1C(=O)CCC12CCN(C(=O)c1c(C)noc1C)CC2. The van der Waals surface area contributed by atoms with E-state index in [1.807, 2.05) is 23.6 Å². The molecule has 2 aromatic heterocycles. The predicted octanol–water partition coefficient (Wildman–Crippen LogP) is 2.69. The number of rotatable bonds is 3. The van der Waals surface area contributed by atoms with Crippen molar-refractivity contribution >= 4 is 11.8 Å². The highest BCUT2D eigenvalue weighted by molar-refractivity contribution is 5.96. The van der Waals surface area contributed by atoms with Crippen LogP contribution in [0.2, 0.25) is 0 Å². The molecule has 2 amide bonds. The van der Waals surface area contributed by atoms with Gasteiger partial charge in [-0.2, -0.15) is 0 Å². The van der Waals surface area contributed by atoms with Gasteiger partial charge >= 0.3 is 0 Å². The van der Waals surface area contributed by atoms with Crippen molar-refractivity contribution in [3.8, 4) is 0 Å². The van der Waals surface area contributed by atoms with Crippen LogP contribution in [0.1, 0.15) is 64.5 Å². The maximum Gasteiger partial charge on any atom is 0.259 e. The zero-order valence-corrected chi connectivity index (χ0v) is 16.9. The summed E-state index contributed by atoms with van der Waals surface area (Å²) in [6.07, 6.45) is 2.94. The Morgan fingerprint density at radius 1 is 1.00 bits per heavy atom. The molecule has 1 spiro atoms. The van der Waals surface area contributed by atoms with Crippen LogP contribution in [0.3, 0.4) is 0 Å². The highest BCUT2D eigenvalue weighted by Crippen LogP contribution is 2.41. The second kappa shape index (κ2) is 6.76. The number of aryl methyl sites for hydroxylation is 4. The Bertz CT molecular complexity index is 882. The topological polar surface area (TPSA) is 92.7 Å². The minimum atomic E-state index is -0.192. The van der Waals surface area contributed by atoms with Crippen molar-refractivity contribution in [1.29, 1.82) is 0 Å². The van der Waals surface area contributed by atoms with Crippen molar-refractivity contribution in [2.45, 2.75) is 65.5 Å². The van der Waals surface area contributed by atoms with Crippen molar-refractivity contribution in [2.75, 3.05) is 13.1 Å². The molecule has 2 aliphatic rings. The summed E-state index contributed by atoms with van der Waals surface area (Å²) in [5, 5.41) is 7.91. The smallest absolute Gasteiger partial charge is 0.259 e. The molecule has 4 rings (SSSR count). The van der Waals surface area contributed by atoms with Gasteiger partial charge in [0, 0.05) is 30.6 Å². The molecule has 28 heavy (non-hydrogen) atoms. The Morgan fingerprint density at radius 3 is 2.21 bits per heavy atom. The quantitative estimate of drug-likeness (QED) is 0.805. The lowest BCUT2D eigenvalue weighted by atomic mass is 9.84. The fourth-order valence-corrected chi connectivity index (χ4v) is 4.61. The highest BCUT2D eigenvalue weighted by atomic mass is 16.5. The van der Waals surface area contributed by atoms with Crippen molar-refractivity contribution in [2.24, 2.45) is 0 Å². The van der Waals surface area contributed by atoms with Gasteiger partial charge in [-0.1, -0.05) is 10.3 Å². The van der Waals surface area contributed by atoms with E-state index in [0.717, 1.165) is 36.3 Å². The molecule has 0 saturated carbocycles. The van der Waals surface area contributed by atoms with E-state index >= 15 is 0 Å². The van der Waals surface area contributed by atoms with Crippen LogP contribution in [0, 0.1) is 27.7 Å². The number of piperidine rings is 1. The lowest BCUT2D eigenvalue weighted by Crippen LogP contribution is -2.54. The summed E-state index contributed by atoms with van der Waals surface area (Å²) < 4.78 is 10.4. The third-order valence-electron chi connectivity index (χ3n) is 6.40. The lowest BCUT2D eigenvalue weighted by Gasteiger charge is -2.45. The first-order valence-corrected chi connectivity index (χ1v) is 9.77. The van der Waals surface area contributed by atoms with Gasteiger partial charge in [0.15, 0.2) is 0 Å². The zero-order chi connectivity index (χ0) is 20.1. The molecule has 0 atom stereocenters. The minimum absolute atomic E-state index is 0.0345. The molecule has 150 valence electrons. The van der Waals surface area contributed by atoms with Gasteiger partial charge in [-0.05, 0) is 47.0 Å². The second-order valence-electron chi connectivity index (χ2n) is 8.00. The summed E-state index contributed by atoms with van der Waals surface area (Å²) in [4.78, 5) is 29.4. The van der Waals surface area contributed by atoms with Gasteiger partial charge in [0.05, 0.1) is 17.9 Å². The van der Waals surface area contributed by atoms with Gasteiger partial charge in [-0.3, -0.25) is 9.59 Å². The molecule has 0 N–H and O–H groups in total. The van der Waals surface area contributed by atoms with E-state index < -0.39 is 0 Å². The van der Waals surface area contributed by atoms with E-state index in [0.29, 0.717) is 43.1 Å². The highest BCUT2D eigenvalue weighted by Gasteiger charge is 2.48. The monoisotopic (exact) mass is 386 g/mol. The maximum absolute atomic E-state index is 12.9. The van der Waals surface area contributed by atoms with Crippen LogP contribution in [-0.4, -0.2) is 50.6 Å². The molecule has 8 heteroatoms. The summed E-state index contributed by atoms with van der Waals surface area (Å²) in [6, 6.07) is 0. The van der Waals surface area contributed by atoms with Gasteiger partial charge in [-0.25, -0.2) is 0 Å². The average molecular weight is 386 g/mol. The lowest BCUT2D eigenvalue weighted by molar-refractivity contribution is -0.133. The Balaban J connectivity index is 1.50. The normalized spacial score (nSPS) is 19.1. The second-order valence-corrected chi connectivity index (χ2v) is 8.00. The van der Waals surface area contributed by atoms with Crippen molar-refractivity contribution in [1.82, 2.24) is 20.1 Å². The van der Waals surface area contributed by atoms with E-state index in [-0.39, 0.29) is 17.4 Å². The predicted molar refractivity (Wildman–Crippen MR) is 99.6 cm³/mol. The summed E-state index contributed by atoms with van der Waals surface area (Å²) in [7, 11) is 0. The molecule has 8 nitrogen and oxygen atoms in total. The van der Waals surface area contributed by atoms with Crippen LogP contribution in [0.5, 0.6) is 0 Å². The Kier molecular flexibility index (Phi) is 4.51. The fraction of sp³-hybridized carbons (Fsp3) is 0.600. The van der Waals surface area contributed by atoms with Gasteiger partial charge < -0.3 is 18.8 Å². The first-order valence-electron chi connectivity index (χ1n) is 9.77. The van der Waals surface area contributed by atoms with Crippen LogP contribution in [0.25, 0.3) is 0 Å². The summed E-state index contributed by atoms with van der Waals surface area (Å²) >= 11 is 0. The van der Waals surface area contributed by atoms with E-state index in [4.69, 9.17) is 9.05 Å². The Hall–Kier alpha value is -2.64. The van der Waals surface area contributed by atoms with E-state index in [1.54, 1.807) is 13.8 Å². The molecule has 2 aliphatic heterocycles. The molecular weight excluding hydrogens is 360 g/mol. The van der Waals surface area contributed by atoms with Crippen LogP contribution < -0.4 is 0 Å². The van der Waals surface area contributed by atoms with Crippen LogP contribution in [0.4, 0.5) is 0 Å². The summed E-state index contributed by atoms with van der Waals surface area (Å²) in [5.41, 5.74) is 2.81. The van der Waals surface area contributed by atoms with E-state index in [2.05, 4.69) is 10.3 Å². The van der Waals surface area contributed by atoms with Gasteiger partial charge in [-0.15, -0.1) is 0 Å². The maximum atomic E-state index is 12.9. The molecule has 2 saturated heterocycles. The average Bonchev–Trinajstić information content (AvgIpc) is 3.28. The van der Waals surface area contributed by atoms with Crippen LogP contribution in [-0.2, 0) is 11.3 Å². The molecule has 2 aromatic rings. The first kappa shape index (κ1) is 18.7. The number of amides is 2. The van der Waals surface area contributed by atoms with E-state index in [9.17, 15) is 9.59 Å². The van der Waals surface area contributed by atoms with Crippen molar-refractivity contribution in [3.63, 3.8) is 0 Å². The largest absolute Gasteiger partial charge is 0.361 e. The fourth-order valence-electron chi connectivity index (χ4n) is 4.61. The van der Waals surface area contributed by atoms with Crippen molar-refractivity contribution < 1.29 is 18.6 Å². The molecule has 0 unspecified atom stereocenters. The number of hydrogen-bond donors (Lipinski definition) is 0. The third kappa shape index (κ3) is 2.91. The number of carbonyl (C=O) groups excluding carboxylic acids is 2. The van der Waals surface area contributed by atoms with Crippen LogP contribution >= 0.6 is 0 Å². The number of likely N-dealkylation sites (tertiary alicyclic amines) is 2. The number of aromatic nitrogens is 2. The molecule has 0 aliphatic carbocycles. The molecule has 4 heterocycles.